The van der Waals surface area contributed by atoms with E-state index in [4.69, 9.17) is 0 Å². The van der Waals surface area contributed by atoms with Crippen LogP contribution in [0.4, 0.5) is 8.78 Å². The maximum Gasteiger partial charge on any atom is 0.267 e. The number of carbonyl (C=O) groups is 2. The number of ketones is 2. The summed E-state index contributed by atoms with van der Waals surface area (Å²) >= 11 is 0. The molecule has 0 radical (unpaired) electrons. The summed E-state index contributed by atoms with van der Waals surface area (Å²) in [5, 5.41) is 6.09. The van der Waals surface area contributed by atoms with Crippen LogP contribution in [0, 0.1) is 11.6 Å². The number of aromatic amines is 1. The molecule has 31 heavy (non-hydrogen) atoms. The predicted octanol–water partition coefficient (Wildman–Crippen LogP) is 3.52. The summed E-state index contributed by atoms with van der Waals surface area (Å²) in [5.74, 6) is -2.20. The Labute approximate surface area is 176 Å². The van der Waals surface area contributed by atoms with Crippen LogP contribution in [0.1, 0.15) is 32.9 Å². The highest BCUT2D eigenvalue weighted by Gasteiger charge is 2.22. The van der Waals surface area contributed by atoms with E-state index >= 15 is 0 Å². The molecule has 0 amide bonds. The number of H-pyrrole nitrogens is 1. The summed E-state index contributed by atoms with van der Waals surface area (Å²) in [6.07, 6.45) is 5.27. The van der Waals surface area contributed by atoms with Gasteiger partial charge in [0.05, 0.1) is 0 Å². The van der Waals surface area contributed by atoms with Crippen molar-refractivity contribution in [3.05, 3.63) is 107 Å². The van der Waals surface area contributed by atoms with E-state index in [1.807, 2.05) is 10.8 Å². The van der Waals surface area contributed by atoms with Crippen molar-refractivity contribution in [3.63, 3.8) is 0 Å². The maximum atomic E-state index is 13.2. The van der Waals surface area contributed by atoms with Crippen LogP contribution in [-0.2, 0) is 24.2 Å². The highest BCUT2D eigenvalue weighted by molar-refractivity contribution is 6.43. The van der Waals surface area contributed by atoms with Crippen LogP contribution >= 0.6 is 0 Å². The SMILES string of the molecule is O=C(Cc1cn(Cc2ccc(F)cc2)cc1Cc1ccc(F)cc1)C(=O)c1nc[nH]n1. The average molecular weight is 420 g/mol. The molecule has 6 nitrogen and oxygen atoms in total. The Hall–Kier alpha value is -3.94. The molecule has 0 aliphatic heterocycles. The minimum atomic E-state index is -0.764. The predicted molar refractivity (Wildman–Crippen MR) is 109 cm³/mol. The molecule has 2 aromatic carbocycles. The number of nitrogens with zero attached hydrogens (tertiary/aromatic N) is 3. The summed E-state index contributed by atoms with van der Waals surface area (Å²) in [7, 11) is 0. The number of carbonyl (C=O) groups excluding carboxylic acids is 2. The molecule has 156 valence electrons. The lowest BCUT2D eigenvalue weighted by molar-refractivity contribution is -0.114. The van der Waals surface area contributed by atoms with E-state index in [1.54, 1.807) is 30.5 Å². The minimum absolute atomic E-state index is 0.111. The van der Waals surface area contributed by atoms with Crippen molar-refractivity contribution < 1.29 is 18.4 Å². The lowest BCUT2D eigenvalue weighted by Crippen LogP contribution is -2.18. The van der Waals surface area contributed by atoms with Crippen LogP contribution in [0.2, 0.25) is 0 Å². The normalized spacial score (nSPS) is 10.9. The van der Waals surface area contributed by atoms with Gasteiger partial charge in [0.25, 0.3) is 5.78 Å². The molecular formula is C23H18F2N4O2. The zero-order valence-corrected chi connectivity index (χ0v) is 16.4. The van der Waals surface area contributed by atoms with Crippen molar-refractivity contribution in [1.82, 2.24) is 19.7 Å². The number of rotatable bonds is 8. The zero-order valence-electron chi connectivity index (χ0n) is 16.4. The Bertz CT molecular complexity index is 1200. The van der Waals surface area contributed by atoms with Gasteiger partial charge in [-0.3, -0.25) is 14.7 Å². The highest BCUT2D eigenvalue weighted by atomic mass is 19.1. The van der Waals surface area contributed by atoms with Crippen LogP contribution < -0.4 is 0 Å². The number of hydrogen-bond acceptors (Lipinski definition) is 4. The molecule has 2 heterocycles. The van der Waals surface area contributed by atoms with Crippen molar-refractivity contribution in [2.45, 2.75) is 19.4 Å². The fourth-order valence-electron chi connectivity index (χ4n) is 3.33. The molecule has 0 atom stereocenters. The molecule has 0 aliphatic carbocycles. The van der Waals surface area contributed by atoms with E-state index in [2.05, 4.69) is 15.2 Å². The summed E-state index contributed by atoms with van der Waals surface area (Å²) in [4.78, 5) is 28.5. The Kier molecular flexibility index (Phi) is 5.79. The summed E-state index contributed by atoms with van der Waals surface area (Å²) in [6, 6.07) is 12.3. The topological polar surface area (TPSA) is 80.6 Å². The van der Waals surface area contributed by atoms with Gasteiger partial charge in [-0.1, -0.05) is 24.3 Å². The van der Waals surface area contributed by atoms with Gasteiger partial charge in [0.1, 0.15) is 18.0 Å². The highest BCUT2D eigenvalue weighted by Crippen LogP contribution is 2.19. The van der Waals surface area contributed by atoms with E-state index in [-0.39, 0.29) is 23.9 Å². The van der Waals surface area contributed by atoms with Gasteiger partial charge in [-0.05, 0) is 52.9 Å². The number of nitrogens with one attached hydrogen (secondary N) is 1. The van der Waals surface area contributed by atoms with Crippen molar-refractivity contribution in [3.8, 4) is 0 Å². The smallest absolute Gasteiger partial charge is 0.267 e. The molecule has 1 N–H and O–H groups in total. The van der Waals surface area contributed by atoms with Crippen molar-refractivity contribution >= 4 is 11.6 Å². The number of benzene rings is 2. The average Bonchev–Trinajstić information content (AvgIpc) is 3.41. The van der Waals surface area contributed by atoms with E-state index < -0.39 is 11.6 Å². The van der Waals surface area contributed by atoms with E-state index in [0.717, 1.165) is 16.7 Å². The van der Waals surface area contributed by atoms with E-state index in [1.165, 1.54) is 30.6 Å². The number of hydrogen-bond donors (Lipinski definition) is 1. The summed E-state index contributed by atoms with van der Waals surface area (Å²) < 4.78 is 28.3. The standard InChI is InChI=1S/C23H18F2N4O2/c24-19-5-1-15(2-6-19)9-17-12-29(11-16-3-7-20(25)8-4-16)13-18(17)10-21(30)22(31)23-26-14-27-28-23/h1-8,12-14H,9-11H2,(H,26,27,28). The number of aromatic nitrogens is 4. The maximum absolute atomic E-state index is 13.2. The molecule has 0 unspecified atom stereocenters. The third-order valence-electron chi connectivity index (χ3n) is 4.86. The molecule has 2 aromatic heterocycles. The van der Waals surface area contributed by atoms with Gasteiger partial charge in [-0.2, -0.15) is 0 Å². The number of Topliss-reactive ketones (excluding diaryl/α,β-unsaturated/α-hetero) is 2. The van der Waals surface area contributed by atoms with Crippen LogP contribution in [-0.4, -0.2) is 31.3 Å². The second-order valence-corrected chi connectivity index (χ2v) is 7.16. The molecular weight excluding hydrogens is 402 g/mol. The van der Waals surface area contributed by atoms with Crippen molar-refractivity contribution in [2.24, 2.45) is 0 Å². The fraction of sp³-hybridized carbons (Fsp3) is 0.130. The monoisotopic (exact) mass is 420 g/mol. The van der Waals surface area contributed by atoms with Crippen LogP contribution in [0.25, 0.3) is 0 Å². The molecule has 8 heteroatoms. The molecule has 4 aromatic rings. The van der Waals surface area contributed by atoms with Crippen LogP contribution in [0.15, 0.2) is 67.3 Å². The Morgan fingerprint density at radius 2 is 1.48 bits per heavy atom. The molecule has 0 spiro atoms. The second-order valence-electron chi connectivity index (χ2n) is 7.16. The third kappa shape index (κ3) is 4.98. The van der Waals surface area contributed by atoms with Gasteiger partial charge in [-0.25, -0.2) is 13.8 Å². The minimum Gasteiger partial charge on any atom is -0.349 e. The molecule has 0 saturated carbocycles. The largest absolute Gasteiger partial charge is 0.349 e. The zero-order chi connectivity index (χ0) is 21.8. The summed E-state index contributed by atoms with van der Waals surface area (Å²) in [6.45, 7) is 0.472. The second kappa shape index (κ2) is 8.83. The first-order chi connectivity index (χ1) is 15.0. The Morgan fingerprint density at radius 1 is 0.871 bits per heavy atom. The van der Waals surface area contributed by atoms with Gasteiger partial charge in [-0.15, -0.1) is 5.10 Å². The Morgan fingerprint density at radius 3 is 2.10 bits per heavy atom. The van der Waals surface area contributed by atoms with Gasteiger partial charge < -0.3 is 4.57 Å². The molecule has 0 bridgehead atoms. The fourth-order valence-corrected chi connectivity index (χ4v) is 3.33. The van der Waals surface area contributed by atoms with Gasteiger partial charge in [0.2, 0.25) is 11.6 Å². The van der Waals surface area contributed by atoms with Crippen LogP contribution in [0.3, 0.4) is 0 Å². The van der Waals surface area contributed by atoms with Gasteiger partial charge >= 0.3 is 0 Å². The van der Waals surface area contributed by atoms with Gasteiger partial charge in [0, 0.05) is 25.4 Å². The van der Waals surface area contributed by atoms with Crippen molar-refractivity contribution in [2.75, 3.05) is 0 Å². The summed E-state index contributed by atoms with van der Waals surface area (Å²) in [5.41, 5.74) is 3.28. The molecule has 0 aliphatic rings. The number of halogens is 2. The van der Waals surface area contributed by atoms with Crippen LogP contribution in [0.5, 0.6) is 0 Å². The van der Waals surface area contributed by atoms with E-state index in [9.17, 15) is 18.4 Å². The van der Waals surface area contributed by atoms with E-state index in [0.29, 0.717) is 18.5 Å². The lowest BCUT2D eigenvalue weighted by Gasteiger charge is -2.04. The first-order valence-corrected chi connectivity index (χ1v) is 9.57. The van der Waals surface area contributed by atoms with Gasteiger partial charge in [0.15, 0.2) is 0 Å². The first kappa shape index (κ1) is 20.3. The molecule has 0 saturated heterocycles. The third-order valence-corrected chi connectivity index (χ3v) is 4.86. The molecule has 0 fully saturated rings. The van der Waals surface area contributed by atoms with Crippen molar-refractivity contribution in [1.29, 1.82) is 0 Å². The Balaban J connectivity index is 1.59. The first-order valence-electron chi connectivity index (χ1n) is 9.57. The quantitative estimate of drug-likeness (QED) is 0.349. The molecule has 4 rings (SSSR count). The lowest BCUT2D eigenvalue weighted by atomic mass is 10.00.